The summed E-state index contributed by atoms with van der Waals surface area (Å²) in [6.45, 7) is 0. The minimum atomic E-state index is -1.35. The highest BCUT2D eigenvalue weighted by Gasteiger charge is 2.27. The van der Waals surface area contributed by atoms with E-state index in [1.165, 1.54) is 0 Å². The molecule has 1 heterocycles. The average Bonchev–Trinajstić information content (AvgIpc) is 2.65. The van der Waals surface area contributed by atoms with Gasteiger partial charge in [0.1, 0.15) is 6.10 Å². The number of halogens is 1. The van der Waals surface area contributed by atoms with Crippen molar-refractivity contribution in [3.05, 3.63) is 22.1 Å². The lowest BCUT2D eigenvalue weighted by Crippen LogP contribution is -2.19. The largest absolute Gasteiger partial charge is 0.390 e. The summed E-state index contributed by atoms with van der Waals surface area (Å²) in [5, 5.41) is 30.0. The minimum Gasteiger partial charge on any atom is -0.390 e. The first kappa shape index (κ1) is 12.1. The van der Waals surface area contributed by atoms with Crippen LogP contribution in [0.2, 0.25) is 0 Å². The third kappa shape index (κ3) is 2.74. The molecule has 3 N–H and O–H groups in total. The maximum absolute atomic E-state index is 10.5. The molecule has 7 nitrogen and oxygen atoms in total. The van der Waals surface area contributed by atoms with Crippen LogP contribution in [-0.2, 0) is 0 Å². The predicted molar refractivity (Wildman–Crippen MR) is 54.6 cm³/mol. The molecule has 0 bridgehead atoms. The third-order valence-corrected chi connectivity index (χ3v) is 2.34. The molecule has 1 rings (SSSR count). The van der Waals surface area contributed by atoms with Crippen LogP contribution in [0, 0.1) is 10.1 Å². The highest BCUT2D eigenvalue weighted by Crippen LogP contribution is 2.24. The maximum atomic E-state index is 10.5. The van der Waals surface area contributed by atoms with Crippen molar-refractivity contribution in [2.45, 2.75) is 18.6 Å². The smallest absolute Gasteiger partial charge is 0.346 e. The van der Waals surface area contributed by atoms with Crippen LogP contribution in [0.15, 0.2) is 6.33 Å². The van der Waals surface area contributed by atoms with Gasteiger partial charge < -0.3 is 20.3 Å². The van der Waals surface area contributed by atoms with Crippen LogP contribution >= 0.6 is 15.9 Å². The summed E-state index contributed by atoms with van der Waals surface area (Å²) in [6, 6.07) is 0. The van der Waals surface area contributed by atoms with Gasteiger partial charge in [-0.25, -0.2) is 9.97 Å². The number of aromatic nitrogens is 2. The third-order valence-electron chi connectivity index (χ3n) is 1.88. The van der Waals surface area contributed by atoms with E-state index in [0.29, 0.717) is 5.33 Å². The summed E-state index contributed by atoms with van der Waals surface area (Å²) < 4.78 is 0. The van der Waals surface area contributed by atoms with Crippen molar-refractivity contribution in [2.75, 3.05) is 5.33 Å². The van der Waals surface area contributed by atoms with Gasteiger partial charge in [0.15, 0.2) is 12.0 Å². The summed E-state index contributed by atoms with van der Waals surface area (Å²) >= 11 is 3.10. The number of nitro groups is 1. The highest BCUT2D eigenvalue weighted by molar-refractivity contribution is 9.09. The van der Waals surface area contributed by atoms with Gasteiger partial charge in [-0.3, -0.25) is 0 Å². The standard InChI is InChI=1S/C7H10BrN3O4/c8-2-1-4(12)6(13)5-7(11(14)15)10-3-9-5/h3-4,6,12-13H,1-2H2,(H,9,10). The molecule has 0 fully saturated rings. The normalized spacial score (nSPS) is 14.9. The zero-order valence-electron chi connectivity index (χ0n) is 7.63. The molecular formula is C7H10BrN3O4. The number of H-pyrrole nitrogens is 1. The number of hydrogen-bond acceptors (Lipinski definition) is 5. The summed E-state index contributed by atoms with van der Waals surface area (Å²) in [4.78, 5) is 15.7. The molecular weight excluding hydrogens is 270 g/mol. The molecule has 0 aliphatic heterocycles. The fourth-order valence-electron chi connectivity index (χ4n) is 1.11. The van der Waals surface area contributed by atoms with Crippen LogP contribution < -0.4 is 0 Å². The van der Waals surface area contributed by atoms with E-state index in [1.807, 2.05) is 0 Å². The number of nitrogens with zero attached hydrogens (tertiary/aromatic N) is 2. The lowest BCUT2D eigenvalue weighted by Gasteiger charge is -2.14. The predicted octanol–water partition coefficient (Wildman–Crippen LogP) is 0.497. The molecule has 2 unspecified atom stereocenters. The topological polar surface area (TPSA) is 112 Å². The first-order valence-corrected chi connectivity index (χ1v) is 5.29. The van der Waals surface area contributed by atoms with E-state index in [-0.39, 0.29) is 12.1 Å². The molecule has 0 saturated carbocycles. The van der Waals surface area contributed by atoms with Crippen molar-refractivity contribution in [3.63, 3.8) is 0 Å². The number of aliphatic hydroxyl groups is 2. The van der Waals surface area contributed by atoms with Crippen molar-refractivity contribution < 1.29 is 15.1 Å². The number of alkyl halides is 1. The van der Waals surface area contributed by atoms with E-state index in [2.05, 4.69) is 25.9 Å². The fourth-order valence-corrected chi connectivity index (χ4v) is 1.58. The van der Waals surface area contributed by atoms with E-state index >= 15 is 0 Å². The van der Waals surface area contributed by atoms with Crippen LogP contribution in [0.3, 0.4) is 0 Å². The molecule has 2 atom stereocenters. The highest BCUT2D eigenvalue weighted by atomic mass is 79.9. The Labute approximate surface area is 93.4 Å². The van der Waals surface area contributed by atoms with Crippen LogP contribution in [0.25, 0.3) is 0 Å². The Kier molecular flexibility index (Phi) is 4.18. The number of rotatable bonds is 5. The van der Waals surface area contributed by atoms with Crippen molar-refractivity contribution in [1.29, 1.82) is 0 Å². The number of hydrogen-bond donors (Lipinski definition) is 3. The summed E-state index contributed by atoms with van der Waals surface area (Å²) in [5.41, 5.74) is -0.145. The van der Waals surface area contributed by atoms with Gasteiger partial charge in [0.2, 0.25) is 0 Å². The zero-order chi connectivity index (χ0) is 11.4. The van der Waals surface area contributed by atoms with Crippen molar-refractivity contribution in [3.8, 4) is 0 Å². The first-order valence-electron chi connectivity index (χ1n) is 4.17. The summed E-state index contributed by atoms with van der Waals surface area (Å²) in [7, 11) is 0. The molecule has 15 heavy (non-hydrogen) atoms. The fraction of sp³-hybridized carbons (Fsp3) is 0.571. The van der Waals surface area contributed by atoms with Crippen molar-refractivity contribution in [2.24, 2.45) is 0 Å². The van der Waals surface area contributed by atoms with Gasteiger partial charge in [0.25, 0.3) is 0 Å². The second-order valence-corrected chi connectivity index (χ2v) is 3.68. The van der Waals surface area contributed by atoms with Crippen LogP contribution in [0.4, 0.5) is 5.82 Å². The van der Waals surface area contributed by atoms with Gasteiger partial charge in [0, 0.05) is 5.33 Å². The van der Waals surface area contributed by atoms with Crippen LogP contribution in [0.1, 0.15) is 18.2 Å². The second-order valence-electron chi connectivity index (χ2n) is 2.88. The minimum absolute atomic E-state index is 0.145. The first-order chi connectivity index (χ1) is 7.07. The molecule has 1 aromatic heterocycles. The Morgan fingerprint density at radius 3 is 2.87 bits per heavy atom. The number of aromatic amines is 1. The molecule has 8 heteroatoms. The molecule has 0 saturated heterocycles. The Hall–Kier alpha value is -0.990. The zero-order valence-corrected chi connectivity index (χ0v) is 9.22. The monoisotopic (exact) mass is 279 g/mol. The molecule has 0 aliphatic carbocycles. The Morgan fingerprint density at radius 1 is 1.67 bits per heavy atom. The summed E-state index contributed by atoms with van der Waals surface area (Å²) in [6.07, 6.45) is -1.04. The molecule has 0 radical (unpaired) electrons. The van der Waals surface area contributed by atoms with Crippen molar-refractivity contribution in [1.82, 2.24) is 9.97 Å². The molecule has 0 aromatic carbocycles. The summed E-state index contributed by atoms with van der Waals surface area (Å²) in [5.74, 6) is -0.392. The van der Waals surface area contributed by atoms with E-state index < -0.39 is 22.9 Å². The lowest BCUT2D eigenvalue weighted by molar-refractivity contribution is -0.390. The Balaban J connectivity index is 2.85. The van der Waals surface area contributed by atoms with Crippen molar-refractivity contribution >= 4 is 21.7 Å². The Bertz CT molecular complexity index is 343. The molecule has 1 aromatic rings. The number of imidazole rings is 1. The van der Waals surface area contributed by atoms with Gasteiger partial charge in [0.05, 0.1) is 6.10 Å². The number of nitrogens with one attached hydrogen (secondary N) is 1. The quantitative estimate of drug-likeness (QED) is 0.413. The number of aliphatic hydroxyl groups excluding tert-OH is 2. The van der Waals surface area contributed by atoms with E-state index in [0.717, 1.165) is 6.33 Å². The van der Waals surface area contributed by atoms with Crippen LogP contribution in [0.5, 0.6) is 0 Å². The maximum Gasteiger partial charge on any atom is 0.346 e. The molecule has 84 valence electrons. The average molecular weight is 280 g/mol. The van der Waals surface area contributed by atoms with Gasteiger partial charge in [-0.05, 0) is 11.3 Å². The van der Waals surface area contributed by atoms with Gasteiger partial charge >= 0.3 is 5.82 Å². The van der Waals surface area contributed by atoms with Gasteiger partial charge in [-0.1, -0.05) is 15.9 Å². The van der Waals surface area contributed by atoms with E-state index in [9.17, 15) is 20.3 Å². The molecule has 0 spiro atoms. The van der Waals surface area contributed by atoms with Crippen LogP contribution in [-0.4, -0.2) is 36.5 Å². The lowest BCUT2D eigenvalue weighted by atomic mass is 10.1. The van der Waals surface area contributed by atoms with Gasteiger partial charge in [-0.2, -0.15) is 0 Å². The molecule has 0 aliphatic rings. The Morgan fingerprint density at radius 2 is 2.33 bits per heavy atom. The van der Waals surface area contributed by atoms with E-state index in [4.69, 9.17) is 0 Å². The molecule has 0 amide bonds. The second kappa shape index (κ2) is 5.19. The van der Waals surface area contributed by atoms with E-state index in [1.54, 1.807) is 0 Å². The SMILES string of the molecule is O=[N+]([O-])c1[nH]cnc1C(O)C(O)CCBr. The van der Waals surface area contributed by atoms with Gasteiger partial charge in [-0.15, -0.1) is 0 Å².